The molecule has 0 fully saturated rings. The maximum atomic E-state index is 13.3. The number of hydrogen-bond donors (Lipinski definition) is 1. The van der Waals surface area contributed by atoms with Gasteiger partial charge in [0.1, 0.15) is 5.82 Å². The van der Waals surface area contributed by atoms with Crippen molar-refractivity contribution in [2.45, 2.75) is 12.8 Å². The first-order valence-corrected chi connectivity index (χ1v) is 5.68. The Labute approximate surface area is 110 Å². The van der Waals surface area contributed by atoms with Crippen LogP contribution in [0.4, 0.5) is 10.1 Å². The first-order valence-electron chi connectivity index (χ1n) is 5.68. The number of nitriles is 2. The first-order chi connectivity index (χ1) is 9.10. The molecule has 2 N–H and O–H groups in total. The number of carbonyl (C=O) groups is 1. The lowest BCUT2D eigenvalue weighted by Crippen LogP contribution is -2.32. The van der Waals surface area contributed by atoms with Gasteiger partial charge in [-0.2, -0.15) is 10.5 Å². The zero-order chi connectivity index (χ0) is 14.3. The summed E-state index contributed by atoms with van der Waals surface area (Å²) in [5, 5.41) is 17.1. The van der Waals surface area contributed by atoms with E-state index in [4.69, 9.17) is 16.3 Å². The lowest BCUT2D eigenvalue weighted by Gasteiger charge is -2.20. The van der Waals surface area contributed by atoms with E-state index in [0.29, 0.717) is 0 Å². The summed E-state index contributed by atoms with van der Waals surface area (Å²) in [6.07, 6.45) is 0.323. The molecule has 0 spiro atoms. The number of carbonyl (C=O) groups excluding carboxylic acids is 1. The molecule has 1 rings (SSSR count). The van der Waals surface area contributed by atoms with E-state index in [-0.39, 0.29) is 37.2 Å². The number of nitrogens with two attached hydrogens (primary N) is 1. The molecular weight excluding hydrogens is 247 g/mol. The topological polar surface area (TPSA) is 93.9 Å². The maximum Gasteiger partial charge on any atom is 0.254 e. The molecule has 0 aliphatic heterocycles. The van der Waals surface area contributed by atoms with Crippen molar-refractivity contribution in [3.63, 3.8) is 0 Å². The third-order valence-electron chi connectivity index (χ3n) is 2.52. The van der Waals surface area contributed by atoms with Crippen molar-refractivity contribution in [3.05, 3.63) is 29.6 Å². The van der Waals surface area contributed by atoms with Crippen molar-refractivity contribution < 1.29 is 9.18 Å². The van der Waals surface area contributed by atoms with E-state index >= 15 is 0 Å². The van der Waals surface area contributed by atoms with Crippen LogP contribution in [0.1, 0.15) is 23.2 Å². The Morgan fingerprint density at radius 2 is 1.84 bits per heavy atom. The van der Waals surface area contributed by atoms with Crippen molar-refractivity contribution in [3.8, 4) is 12.1 Å². The standard InChI is InChI=1S/C13H13FN4O/c14-11-9-10(3-4-12(11)17)13(19)18(7-1-5-15)8-2-6-16/h3-4,9H,1-2,7-8,17H2. The molecule has 19 heavy (non-hydrogen) atoms. The van der Waals surface area contributed by atoms with Crippen LogP contribution < -0.4 is 5.73 Å². The average molecular weight is 260 g/mol. The van der Waals surface area contributed by atoms with Crippen LogP contribution in [0, 0.1) is 28.5 Å². The Kier molecular flexibility index (Phi) is 5.31. The molecule has 0 aliphatic rings. The number of benzene rings is 1. The van der Waals surface area contributed by atoms with Crippen LogP contribution in [0.3, 0.4) is 0 Å². The second kappa shape index (κ2) is 6.97. The third kappa shape index (κ3) is 3.97. The van der Waals surface area contributed by atoms with Gasteiger partial charge in [0.2, 0.25) is 0 Å². The van der Waals surface area contributed by atoms with E-state index in [9.17, 15) is 9.18 Å². The van der Waals surface area contributed by atoms with Crippen molar-refractivity contribution in [2.24, 2.45) is 0 Å². The summed E-state index contributed by atoms with van der Waals surface area (Å²) in [4.78, 5) is 13.5. The number of hydrogen-bond acceptors (Lipinski definition) is 4. The predicted molar refractivity (Wildman–Crippen MR) is 67.2 cm³/mol. The molecule has 0 heterocycles. The molecule has 0 radical (unpaired) electrons. The molecule has 1 aromatic rings. The van der Waals surface area contributed by atoms with Gasteiger partial charge in [-0.15, -0.1) is 0 Å². The number of nitrogen functional groups attached to an aromatic ring is 1. The zero-order valence-electron chi connectivity index (χ0n) is 10.3. The minimum Gasteiger partial charge on any atom is -0.396 e. The smallest absolute Gasteiger partial charge is 0.254 e. The highest BCUT2D eigenvalue weighted by atomic mass is 19.1. The van der Waals surface area contributed by atoms with E-state index < -0.39 is 11.7 Å². The highest BCUT2D eigenvalue weighted by Crippen LogP contribution is 2.14. The lowest BCUT2D eigenvalue weighted by atomic mass is 10.1. The van der Waals surface area contributed by atoms with E-state index in [2.05, 4.69) is 0 Å². The highest BCUT2D eigenvalue weighted by molar-refractivity contribution is 5.94. The van der Waals surface area contributed by atoms with Gasteiger partial charge in [0.25, 0.3) is 5.91 Å². The van der Waals surface area contributed by atoms with Gasteiger partial charge in [0.05, 0.1) is 30.7 Å². The van der Waals surface area contributed by atoms with Crippen molar-refractivity contribution in [1.82, 2.24) is 4.90 Å². The van der Waals surface area contributed by atoms with Gasteiger partial charge < -0.3 is 10.6 Å². The zero-order valence-corrected chi connectivity index (χ0v) is 10.3. The van der Waals surface area contributed by atoms with Crippen LogP contribution in [0.5, 0.6) is 0 Å². The monoisotopic (exact) mass is 260 g/mol. The molecule has 5 nitrogen and oxygen atoms in total. The molecule has 0 unspecified atom stereocenters. The Hall–Kier alpha value is -2.60. The van der Waals surface area contributed by atoms with Gasteiger partial charge in [-0.25, -0.2) is 4.39 Å². The average Bonchev–Trinajstić information content (AvgIpc) is 2.41. The molecule has 0 saturated heterocycles. The van der Waals surface area contributed by atoms with Gasteiger partial charge in [0, 0.05) is 18.7 Å². The van der Waals surface area contributed by atoms with Crippen molar-refractivity contribution in [2.75, 3.05) is 18.8 Å². The second-order valence-corrected chi connectivity index (χ2v) is 3.84. The quantitative estimate of drug-likeness (QED) is 0.815. The second-order valence-electron chi connectivity index (χ2n) is 3.84. The molecule has 0 aliphatic carbocycles. The van der Waals surface area contributed by atoms with E-state index in [0.717, 1.165) is 6.07 Å². The Morgan fingerprint density at radius 3 is 2.32 bits per heavy atom. The summed E-state index contributed by atoms with van der Waals surface area (Å²) in [5.41, 5.74) is 5.46. The largest absolute Gasteiger partial charge is 0.396 e. The normalized spacial score (nSPS) is 9.42. The lowest BCUT2D eigenvalue weighted by molar-refractivity contribution is 0.0762. The van der Waals surface area contributed by atoms with E-state index in [1.54, 1.807) is 0 Å². The van der Waals surface area contributed by atoms with Crippen LogP contribution in [-0.4, -0.2) is 23.9 Å². The summed E-state index contributed by atoms with van der Waals surface area (Å²) in [6.45, 7) is 0.423. The summed E-state index contributed by atoms with van der Waals surface area (Å²) in [5.74, 6) is -1.07. The van der Waals surface area contributed by atoms with Crippen molar-refractivity contribution >= 4 is 11.6 Å². The molecular formula is C13H13FN4O. The SMILES string of the molecule is N#CCCN(CCC#N)C(=O)c1ccc(N)c(F)c1. The molecule has 0 bridgehead atoms. The van der Waals surface area contributed by atoms with Gasteiger partial charge in [0.15, 0.2) is 0 Å². The Bertz CT molecular complexity index is 527. The fourth-order valence-corrected chi connectivity index (χ4v) is 1.53. The summed E-state index contributed by atoms with van der Waals surface area (Å²) >= 11 is 0. The van der Waals surface area contributed by atoms with E-state index in [1.807, 2.05) is 12.1 Å². The van der Waals surface area contributed by atoms with Gasteiger partial charge in [-0.1, -0.05) is 0 Å². The Balaban J connectivity index is 2.88. The molecule has 0 saturated carbocycles. The predicted octanol–water partition coefficient (Wildman–Crippen LogP) is 1.68. The molecule has 6 heteroatoms. The van der Waals surface area contributed by atoms with Gasteiger partial charge in [-0.3, -0.25) is 4.79 Å². The first kappa shape index (κ1) is 14.5. The summed E-state index contributed by atoms with van der Waals surface area (Å²) in [6, 6.07) is 7.66. The molecule has 1 amide bonds. The highest BCUT2D eigenvalue weighted by Gasteiger charge is 2.16. The number of nitrogens with zero attached hydrogens (tertiary/aromatic N) is 3. The van der Waals surface area contributed by atoms with Crippen LogP contribution >= 0.6 is 0 Å². The Morgan fingerprint density at radius 1 is 1.26 bits per heavy atom. The number of halogens is 1. The van der Waals surface area contributed by atoms with Crippen molar-refractivity contribution in [1.29, 1.82) is 10.5 Å². The number of anilines is 1. The molecule has 1 aromatic carbocycles. The minimum atomic E-state index is -0.661. The van der Waals surface area contributed by atoms with Crippen LogP contribution in [0.15, 0.2) is 18.2 Å². The van der Waals surface area contributed by atoms with Gasteiger partial charge >= 0.3 is 0 Å². The number of amides is 1. The van der Waals surface area contributed by atoms with Crippen LogP contribution in [-0.2, 0) is 0 Å². The summed E-state index contributed by atoms with van der Waals surface area (Å²) in [7, 11) is 0. The molecule has 0 atom stereocenters. The van der Waals surface area contributed by atoms with E-state index in [1.165, 1.54) is 17.0 Å². The number of rotatable bonds is 5. The third-order valence-corrected chi connectivity index (χ3v) is 2.52. The van der Waals surface area contributed by atoms with Gasteiger partial charge in [-0.05, 0) is 18.2 Å². The summed E-state index contributed by atoms with van der Waals surface area (Å²) < 4.78 is 13.3. The maximum absolute atomic E-state index is 13.3. The van der Waals surface area contributed by atoms with Crippen LogP contribution in [0.2, 0.25) is 0 Å². The minimum absolute atomic E-state index is 0.0304. The van der Waals surface area contributed by atoms with Crippen LogP contribution in [0.25, 0.3) is 0 Å². The fraction of sp³-hybridized carbons (Fsp3) is 0.308. The molecule has 98 valence electrons. The molecule has 0 aromatic heterocycles. The fourth-order valence-electron chi connectivity index (χ4n) is 1.53.